The van der Waals surface area contributed by atoms with Gasteiger partial charge < -0.3 is 19.3 Å². The van der Waals surface area contributed by atoms with Crippen molar-refractivity contribution in [2.24, 2.45) is 0 Å². The topological polar surface area (TPSA) is 42.0 Å². The average molecular weight is 387 g/mol. The molecule has 0 saturated carbocycles. The van der Waals surface area contributed by atoms with Crippen LogP contribution in [0.1, 0.15) is 10.8 Å². The summed E-state index contributed by atoms with van der Waals surface area (Å²) in [6.45, 7) is 1.41. The minimum Gasteiger partial charge on any atom is -0.497 e. The van der Waals surface area contributed by atoms with Crippen LogP contribution in [0, 0.1) is 0 Å². The molecular weight excluding hydrogens is 360 g/mol. The molecule has 2 aromatic rings. The first-order chi connectivity index (χ1) is 13.0. The monoisotopic (exact) mass is 386 g/mol. The SMILES string of the molecule is COc1ccc([C@@H]2Sc3ccccc3N(CCN(C)C)C(=O)C2OC)cc1. The molecule has 0 radical (unpaired) electrons. The van der Waals surface area contributed by atoms with Gasteiger partial charge in [0.2, 0.25) is 0 Å². The molecule has 2 aromatic carbocycles. The van der Waals surface area contributed by atoms with Gasteiger partial charge in [-0.3, -0.25) is 4.79 Å². The van der Waals surface area contributed by atoms with Crippen LogP contribution >= 0.6 is 11.8 Å². The lowest BCUT2D eigenvalue weighted by atomic mass is 10.1. The minimum absolute atomic E-state index is 0.00221. The molecule has 144 valence electrons. The zero-order valence-corrected chi connectivity index (χ0v) is 17.0. The number of ether oxygens (including phenoxy) is 2. The Labute approximate surface area is 165 Å². The summed E-state index contributed by atoms with van der Waals surface area (Å²) in [5.41, 5.74) is 2.00. The van der Waals surface area contributed by atoms with Crippen molar-refractivity contribution in [1.29, 1.82) is 0 Å². The minimum atomic E-state index is -0.557. The second-order valence-corrected chi connectivity index (χ2v) is 7.91. The second kappa shape index (κ2) is 8.78. The van der Waals surface area contributed by atoms with Crippen LogP contribution in [-0.2, 0) is 9.53 Å². The highest BCUT2D eigenvalue weighted by Crippen LogP contribution is 2.46. The fraction of sp³-hybridized carbons (Fsp3) is 0.381. The van der Waals surface area contributed by atoms with Crippen molar-refractivity contribution in [3.8, 4) is 5.75 Å². The average Bonchev–Trinajstić information content (AvgIpc) is 2.80. The third-order valence-corrected chi connectivity index (χ3v) is 6.04. The number of nitrogens with zero attached hydrogens (tertiary/aromatic N) is 2. The Bertz CT molecular complexity index is 779. The van der Waals surface area contributed by atoms with Crippen molar-refractivity contribution in [3.63, 3.8) is 0 Å². The number of hydrogen-bond donors (Lipinski definition) is 0. The van der Waals surface area contributed by atoms with Gasteiger partial charge in [0.05, 0.1) is 18.0 Å². The summed E-state index contributed by atoms with van der Waals surface area (Å²) in [6, 6.07) is 15.9. The van der Waals surface area contributed by atoms with Gasteiger partial charge in [-0.05, 0) is 43.9 Å². The van der Waals surface area contributed by atoms with E-state index in [9.17, 15) is 4.79 Å². The van der Waals surface area contributed by atoms with Crippen LogP contribution in [0.2, 0.25) is 0 Å². The molecule has 27 heavy (non-hydrogen) atoms. The summed E-state index contributed by atoms with van der Waals surface area (Å²) in [6.07, 6.45) is -0.557. The van der Waals surface area contributed by atoms with E-state index < -0.39 is 6.10 Å². The third-order valence-electron chi connectivity index (χ3n) is 4.66. The molecule has 5 nitrogen and oxygen atoms in total. The maximum atomic E-state index is 13.4. The smallest absolute Gasteiger partial charge is 0.257 e. The zero-order chi connectivity index (χ0) is 19.4. The number of amides is 1. The van der Waals surface area contributed by atoms with Crippen LogP contribution in [-0.4, -0.2) is 58.3 Å². The van der Waals surface area contributed by atoms with E-state index in [0.717, 1.165) is 28.4 Å². The van der Waals surface area contributed by atoms with Crippen molar-refractivity contribution < 1.29 is 14.3 Å². The van der Waals surface area contributed by atoms with Crippen LogP contribution in [0.5, 0.6) is 5.75 Å². The Balaban J connectivity index is 2.01. The number of benzene rings is 2. The van der Waals surface area contributed by atoms with Gasteiger partial charge in [-0.2, -0.15) is 0 Å². The molecule has 1 aliphatic rings. The van der Waals surface area contributed by atoms with Crippen LogP contribution in [0.15, 0.2) is 53.4 Å². The van der Waals surface area contributed by atoms with E-state index in [4.69, 9.17) is 9.47 Å². The Kier molecular flexibility index (Phi) is 6.42. The quantitative estimate of drug-likeness (QED) is 0.761. The van der Waals surface area contributed by atoms with Crippen LogP contribution < -0.4 is 9.64 Å². The fourth-order valence-electron chi connectivity index (χ4n) is 3.17. The Morgan fingerprint density at radius 2 is 1.78 bits per heavy atom. The van der Waals surface area contributed by atoms with E-state index in [0.29, 0.717) is 6.54 Å². The van der Waals surface area contributed by atoms with E-state index in [-0.39, 0.29) is 11.2 Å². The lowest BCUT2D eigenvalue weighted by Gasteiger charge is -2.28. The molecule has 0 fully saturated rings. The molecule has 0 aliphatic carbocycles. The molecule has 0 spiro atoms. The molecule has 0 N–H and O–H groups in total. The van der Waals surface area contributed by atoms with Crippen LogP contribution in [0.4, 0.5) is 5.69 Å². The number of thioether (sulfide) groups is 1. The van der Waals surface area contributed by atoms with Crippen LogP contribution in [0.25, 0.3) is 0 Å². The highest BCUT2D eigenvalue weighted by Gasteiger charge is 2.38. The number of hydrogen-bond acceptors (Lipinski definition) is 5. The molecule has 2 atom stereocenters. The van der Waals surface area contributed by atoms with Crippen molar-refractivity contribution in [2.75, 3.05) is 46.3 Å². The zero-order valence-electron chi connectivity index (χ0n) is 16.2. The molecule has 1 unspecified atom stereocenters. The molecule has 0 aromatic heterocycles. The van der Waals surface area contributed by atoms with Gasteiger partial charge in [-0.15, -0.1) is 11.8 Å². The predicted molar refractivity (Wildman–Crippen MR) is 110 cm³/mol. The molecule has 0 saturated heterocycles. The number of anilines is 1. The predicted octanol–water partition coefficient (Wildman–Crippen LogP) is 3.45. The number of para-hydroxylation sites is 1. The number of carbonyl (C=O) groups excluding carboxylic acids is 1. The van der Waals surface area contributed by atoms with Crippen molar-refractivity contribution in [1.82, 2.24) is 4.90 Å². The number of likely N-dealkylation sites (N-methyl/N-ethyl adjacent to an activating group) is 1. The summed E-state index contributed by atoms with van der Waals surface area (Å²) < 4.78 is 11.0. The van der Waals surface area contributed by atoms with Crippen molar-refractivity contribution in [3.05, 3.63) is 54.1 Å². The van der Waals surface area contributed by atoms with Crippen molar-refractivity contribution >= 4 is 23.4 Å². The summed E-state index contributed by atoms with van der Waals surface area (Å²) in [4.78, 5) is 18.4. The normalized spacial score (nSPS) is 19.7. The first-order valence-electron chi connectivity index (χ1n) is 8.93. The largest absolute Gasteiger partial charge is 0.497 e. The van der Waals surface area contributed by atoms with E-state index in [2.05, 4.69) is 11.0 Å². The first kappa shape index (κ1) is 19.7. The fourth-order valence-corrected chi connectivity index (χ4v) is 4.55. The summed E-state index contributed by atoms with van der Waals surface area (Å²) in [5.74, 6) is 0.795. The lowest BCUT2D eigenvalue weighted by Crippen LogP contribution is -2.44. The number of rotatable bonds is 6. The van der Waals surface area contributed by atoms with Gasteiger partial charge in [0.1, 0.15) is 5.75 Å². The summed E-state index contributed by atoms with van der Waals surface area (Å²) >= 11 is 1.68. The Hall–Kier alpha value is -2.02. The van der Waals surface area contributed by atoms with E-state index >= 15 is 0 Å². The van der Waals surface area contributed by atoms with Crippen LogP contribution in [0.3, 0.4) is 0 Å². The maximum Gasteiger partial charge on any atom is 0.257 e. The third kappa shape index (κ3) is 4.29. The highest BCUT2D eigenvalue weighted by molar-refractivity contribution is 7.99. The first-order valence-corrected chi connectivity index (χ1v) is 9.81. The molecule has 1 heterocycles. The van der Waals surface area contributed by atoms with E-state index in [1.54, 1.807) is 26.0 Å². The van der Waals surface area contributed by atoms with Gasteiger partial charge in [-0.25, -0.2) is 0 Å². The second-order valence-electron chi connectivity index (χ2n) is 6.73. The number of methoxy groups -OCH3 is 2. The molecule has 0 bridgehead atoms. The highest BCUT2D eigenvalue weighted by atomic mass is 32.2. The maximum absolute atomic E-state index is 13.4. The molecule has 3 rings (SSSR count). The molecule has 6 heteroatoms. The molecular formula is C21H26N2O3S. The van der Waals surface area contributed by atoms with E-state index in [1.807, 2.05) is 61.5 Å². The standard InChI is InChI=1S/C21H26N2O3S/c1-22(2)13-14-23-17-7-5-6-8-18(17)27-20(19(26-4)21(23)24)15-9-11-16(25-3)12-10-15/h5-12,19-20H,13-14H2,1-4H3/t19?,20-/m0/s1. The van der Waals surface area contributed by atoms with E-state index in [1.165, 1.54) is 0 Å². The Morgan fingerprint density at radius 3 is 2.41 bits per heavy atom. The number of carbonyl (C=O) groups is 1. The van der Waals surface area contributed by atoms with Gasteiger partial charge in [0.25, 0.3) is 5.91 Å². The van der Waals surface area contributed by atoms with Gasteiger partial charge >= 0.3 is 0 Å². The van der Waals surface area contributed by atoms with Gasteiger partial charge in [0, 0.05) is 25.1 Å². The summed E-state index contributed by atoms with van der Waals surface area (Å²) in [7, 11) is 7.28. The van der Waals surface area contributed by atoms with Gasteiger partial charge in [0.15, 0.2) is 6.10 Å². The van der Waals surface area contributed by atoms with Gasteiger partial charge in [-0.1, -0.05) is 24.3 Å². The molecule has 1 aliphatic heterocycles. The van der Waals surface area contributed by atoms with Crippen molar-refractivity contribution in [2.45, 2.75) is 16.2 Å². The number of fused-ring (bicyclic) bond motifs is 1. The lowest BCUT2D eigenvalue weighted by molar-refractivity contribution is -0.128. The molecule has 1 amide bonds. The Morgan fingerprint density at radius 1 is 1.07 bits per heavy atom. The summed E-state index contributed by atoms with van der Waals surface area (Å²) in [5, 5.41) is -0.126.